The molecule has 0 saturated carbocycles. The second kappa shape index (κ2) is 13.1. The summed E-state index contributed by atoms with van der Waals surface area (Å²) in [4.78, 5) is 33.5. The third kappa shape index (κ3) is 6.86. The van der Waals surface area contributed by atoms with Crippen LogP contribution in [0.2, 0.25) is 0 Å². The first-order valence-corrected chi connectivity index (χ1v) is 13.7. The number of aromatic nitrogens is 2. The zero-order valence-corrected chi connectivity index (χ0v) is 22.5. The second-order valence-corrected chi connectivity index (χ2v) is 10.1. The molecule has 2 saturated heterocycles. The minimum atomic E-state index is -0.645. The van der Waals surface area contributed by atoms with Crippen LogP contribution in [0.4, 0.5) is 4.39 Å². The molecule has 1 N–H and O–H groups in total. The Morgan fingerprint density at radius 1 is 1.23 bits per heavy atom. The number of ether oxygens (including phenoxy) is 2. The van der Waals surface area contributed by atoms with Gasteiger partial charge in [0.15, 0.2) is 5.76 Å². The monoisotopic (exact) mass is 555 g/mol. The molecule has 4 heterocycles. The topological polar surface area (TPSA) is 123 Å². The minimum absolute atomic E-state index is 0.0590. The van der Waals surface area contributed by atoms with E-state index >= 15 is 0 Å². The van der Waals surface area contributed by atoms with Crippen molar-refractivity contribution in [2.24, 2.45) is 0 Å². The first kappa shape index (κ1) is 27.8. The van der Waals surface area contributed by atoms with Crippen LogP contribution >= 0.6 is 0 Å². The van der Waals surface area contributed by atoms with Crippen LogP contribution in [0.25, 0.3) is 11.4 Å². The summed E-state index contributed by atoms with van der Waals surface area (Å²) >= 11 is 0. The Labute approximate surface area is 231 Å². The Morgan fingerprint density at radius 2 is 2.12 bits per heavy atom. The predicted octanol–water partition coefficient (Wildman–Crippen LogP) is 3.09. The van der Waals surface area contributed by atoms with Crippen molar-refractivity contribution in [2.75, 3.05) is 52.5 Å². The van der Waals surface area contributed by atoms with Crippen LogP contribution in [0.15, 0.2) is 45.5 Å². The smallest absolute Gasteiger partial charge is 0.287 e. The van der Waals surface area contributed by atoms with Crippen LogP contribution in [0.1, 0.15) is 48.5 Å². The van der Waals surface area contributed by atoms with E-state index in [4.69, 9.17) is 18.4 Å². The van der Waals surface area contributed by atoms with E-state index in [9.17, 15) is 14.0 Å². The van der Waals surface area contributed by atoms with Crippen molar-refractivity contribution >= 4 is 11.8 Å². The fourth-order valence-electron chi connectivity index (χ4n) is 4.91. The highest BCUT2D eigenvalue weighted by molar-refractivity contribution is 5.95. The van der Waals surface area contributed by atoms with Gasteiger partial charge in [0.1, 0.15) is 17.6 Å². The number of carbonyl (C=O) groups excluding carboxylic acids is 2. The number of benzene rings is 1. The summed E-state index contributed by atoms with van der Waals surface area (Å²) < 4.78 is 36.3. The maximum atomic E-state index is 14.8. The highest BCUT2D eigenvalue weighted by Gasteiger charge is 2.26. The van der Waals surface area contributed by atoms with Crippen molar-refractivity contribution in [3.63, 3.8) is 0 Å². The lowest BCUT2D eigenvalue weighted by Crippen LogP contribution is -2.48. The van der Waals surface area contributed by atoms with E-state index in [0.717, 1.165) is 38.9 Å². The fourth-order valence-corrected chi connectivity index (χ4v) is 4.91. The molecule has 12 heteroatoms. The van der Waals surface area contributed by atoms with Crippen LogP contribution < -0.4 is 10.1 Å². The first-order chi connectivity index (χ1) is 19.5. The molecule has 0 aliphatic carbocycles. The Hall–Kier alpha value is -3.77. The molecule has 3 aromatic rings. The standard InChI is InChI=1S/C28H34FN5O6/c1-19(30-26(35)24-5-2-14-39-24)28(36)34-11-3-9-33(12-13-34)10-4-15-38-21-6-7-22(23(29)17-21)25-31-27(40-32-25)20-8-16-37-18-20/h2,5-7,14,17,19-20H,3-4,8-13,15-16,18H2,1H3,(H,30,35)/t19-,20?/m0/s1. The molecule has 2 aliphatic rings. The largest absolute Gasteiger partial charge is 0.493 e. The summed E-state index contributed by atoms with van der Waals surface area (Å²) in [5.74, 6) is 0.374. The molecule has 2 fully saturated rings. The van der Waals surface area contributed by atoms with Crippen molar-refractivity contribution in [3.05, 3.63) is 54.1 Å². The summed E-state index contributed by atoms with van der Waals surface area (Å²) in [6.45, 7) is 6.92. The molecule has 0 spiro atoms. The predicted molar refractivity (Wildman–Crippen MR) is 141 cm³/mol. The number of furan rings is 1. The van der Waals surface area contributed by atoms with Crippen LogP contribution in [-0.2, 0) is 9.53 Å². The summed E-state index contributed by atoms with van der Waals surface area (Å²) in [7, 11) is 0. The highest BCUT2D eigenvalue weighted by Crippen LogP contribution is 2.28. The molecule has 2 aliphatic heterocycles. The van der Waals surface area contributed by atoms with Crippen molar-refractivity contribution in [2.45, 2.75) is 38.1 Å². The lowest BCUT2D eigenvalue weighted by atomic mass is 10.1. The van der Waals surface area contributed by atoms with Gasteiger partial charge >= 0.3 is 0 Å². The van der Waals surface area contributed by atoms with Crippen LogP contribution in [0.3, 0.4) is 0 Å². The number of nitrogens with one attached hydrogen (secondary N) is 1. The van der Waals surface area contributed by atoms with E-state index in [2.05, 4.69) is 20.4 Å². The molecule has 2 aromatic heterocycles. The Bertz CT molecular complexity index is 1280. The Kier molecular flexibility index (Phi) is 9.07. The summed E-state index contributed by atoms with van der Waals surface area (Å²) in [6, 6.07) is 7.19. The van der Waals surface area contributed by atoms with Gasteiger partial charge in [-0.3, -0.25) is 9.59 Å². The Morgan fingerprint density at radius 3 is 2.90 bits per heavy atom. The molecule has 5 rings (SSSR count). The van der Waals surface area contributed by atoms with Gasteiger partial charge in [0.05, 0.1) is 31.0 Å². The number of hydrogen-bond acceptors (Lipinski definition) is 9. The van der Waals surface area contributed by atoms with Crippen molar-refractivity contribution in [1.29, 1.82) is 0 Å². The molecule has 40 heavy (non-hydrogen) atoms. The molecule has 1 aromatic carbocycles. The maximum Gasteiger partial charge on any atom is 0.287 e. The normalized spacial score (nSPS) is 18.9. The van der Waals surface area contributed by atoms with E-state index in [1.54, 1.807) is 36.1 Å². The third-order valence-corrected chi connectivity index (χ3v) is 7.15. The zero-order chi connectivity index (χ0) is 27.9. The lowest BCUT2D eigenvalue weighted by Gasteiger charge is -2.25. The van der Waals surface area contributed by atoms with Gasteiger partial charge in [-0.05, 0) is 57.0 Å². The van der Waals surface area contributed by atoms with Crippen LogP contribution in [0.5, 0.6) is 5.75 Å². The summed E-state index contributed by atoms with van der Waals surface area (Å²) in [5.41, 5.74) is 0.264. The molecule has 2 amide bonds. The average molecular weight is 556 g/mol. The van der Waals surface area contributed by atoms with Gasteiger partial charge < -0.3 is 33.5 Å². The number of halogens is 1. The maximum absolute atomic E-state index is 14.8. The van der Waals surface area contributed by atoms with Gasteiger partial charge in [-0.25, -0.2) is 4.39 Å². The van der Waals surface area contributed by atoms with Crippen LogP contribution in [0, 0.1) is 5.82 Å². The molecular formula is C28H34FN5O6. The molecule has 11 nitrogen and oxygen atoms in total. The van der Waals surface area contributed by atoms with E-state index in [1.165, 1.54) is 12.3 Å². The second-order valence-electron chi connectivity index (χ2n) is 10.1. The number of carbonyl (C=O) groups is 2. The van der Waals surface area contributed by atoms with Crippen molar-refractivity contribution < 1.29 is 32.4 Å². The number of hydrogen-bond donors (Lipinski definition) is 1. The first-order valence-electron chi connectivity index (χ1n) is 13.7. The van der Waals surface area contributed by atoms with Gasteiger partial charge in [0.2, 0.25) is 17.6 Å². The van der Waals surface area contributed by atoms with Gasteiger partial charge in [0, 0.05) is 38.9 Å². The van der Waals surface area contributed by atoms with E-state index in [-0.39, 0.29) is 29.0 Å². The average Bonchev–Trinajstić information content (AvgIpc) is 3.73. The Balaban J connectivity index is 1.03. The zero-order valence-electron chi connectivity index (χ0n) is 22.5. The molecular weight excluding hydrogens is 521 g/mol. The quantitative estimate of drug-likeness (QED) is 0.376. The number of nitrogens with zero attached hydrogens (tertiary/aromatic N) is 4. The number of amides is 2. The van der Waals surface area contributed by atoms with E-state index in [0.29, 0.717) is 44.6 Å². The van der Waals surface area contributed by atoms with Crippen LogP contribution in [-0.4, -0.2) is 90.3 Å². The highest BCUT2D eigenvalue weighted by atomic mass is 19.1. The van der Waals surface area contributed by atoms with Crippen molar-refractivity contribution in [3.8, 4) is 17.1 Å². The molecule has 0 bridgehead atoms. The minimum Gasteiger partial charge on any atom is -0.493 e. The summed E-state index contributed by atoms with van der Waals surface area (Å²) in [6.07, 6.45) is 3.83. The third-order valence-electron chi connectivity index (χ3n) is 7.15. The molecule has 2 atom stereocenters. The van der Waals surface area contributed by atoms with E-state index in [1.807, 2.05) is 0 Å². The number of rotatable bonds is 10. The fraction of sp³-hybridized carbons (Fsp3) is 0.500. The van der Waals surface area contributed by atoms with Gasteiger partial charge in [0.25, 0.3) is 5.91 Å². The molecule has 1 unspecified atom stereocenters. The van der Waals surface area contributed by atoms with Gasteiger partial charge in [-0.1, -0.05) is 5.16 Å². The van der Waals surface area contributed by atoms with E-state index < -0.39 is 17.8 Å². The molecule has 0 radical (unpaired) electrons. The summed E-state index contributed by atoms with van der Waals surface area (Å²) in [5, 5.41) is 6.63. The van der Waals surface area contributed by atoms with Gasteiger partial charge in [-0.15, -0.1) is 0 Å². The SMILES string of the molecule is C[C@H](NC(=O)c1ccco1)C(=O)N1CCCN(CCCOc2ccc(-c3noc(C4CCOC4)n3)c(F)c2)CC1. The van der Waals surface area contributed by atoms with Gasteiger partial charge in [-0.2, -0.15) is 4.98 Å². The van der Waals surface area contributed by atoms with Crippen molar-refractivity contribution in [1.82, 2.24) is 25.3 Å². The lowest BCUT2D eigenvalue weighted by molar-refractivity contribution is -0.132. The molecule has 214 valence electrons.